The molecule has 14 heavy (non-hydrogen) atoms. The molecule has 2 heterocycles. The molecule has 2 unspecified atom stereocenters. The number of aromatic nitrogens is 2. The molecule has 2 N–H and O–H groups in total. The van der Waals surface area contributed by atoms with Gasteiger partial charge in [-0.05, 0) is 18.6 Å². The van der Waals surface area contributed by atoms with E-state index in [4.69, 9.17) is 5.73 Å². The minimum Gasteiger partial charge on any atom is -0.323 e. The Morgan fingerprint density at radius 2 is 2.14 bits per heavy atom. The van der Waals surface area contributed by atoms with Crippen molar-refractivity contribution < 1.29 is 0 Å². The molecule has 1 aliphatic rings. The fraction of sp³-hybridized carbons (Fsp3) is 0.600. The molecule has 0 radical (unpaired) electrons. The average molecular weight is 209 g/mol. The third kappa shape index (κ3) is 2.25. The van der Waals surface area contributed by atoms with Gasteiger partial charge in [-0.25, -0.2) is 9.97 Å². The van der Waals surface area contributed by atoms with Crippen molar-refractivity contribution in [2.75, 3.05) is 5.75 Å². The highest BCUT2D eigenvalue weighted by Crippen LogP contribution is 2.32. The molecule has 2 atom stereocenters. The van der Waals surface area contributed by atoms with Gasteiger partial charge in [0.05, 0.1) is 0 Å². The first-order chi connectivity index (χ1) is 6.88. The summed E-state index contributed by atoms with van der Waals surface area (Å²) < 4.78 is 0. The van der Waals surface area contributed by atoms with Gasteiger partial charge in [-0.2, -0.15) is 11.8 Å². The van der Waals surface area contributed by atoms with E-state index in [2.05, 4.69) is 9.97 Å². The van der Waals surface area contributed by atoms with Crippen molar-refractivity contribution in [1.29, 1.82) is 0 Å². The van der Waals surface area contributed by atoms with Crippen LogP contribution in [-0.4, -0.2) is 21.0 Å². The molecule has 0 saturated carbocycles. The van der Waals surface area contributed by atoms with Crippen LogP contribution >= 0.6 is 11.8 Å². The number of hydrogen-bond acceptors (Lipinski definition) is 4. The zero-order valence-electron chi connectivity index (χ0n) is 8.10. The van der Waals surface area contributed by atoms with Gasteiger partial charge in [-0.3, -0.25) is 0 Å². The van der Waals surface area contributed by atoms with Gasteiger partial charge in [0, 0.05) is 29.2 Å². The molecule has 0 spiro atoms. The number of nitrogens with zero attached hydrogens (tertiary/aromatic N) is 2. The molecule has 0 amide bonds. The lowest BCUT2D eigenvalue weighted by molar-refractivity contribution is 0.579. The van der Waals surface area contributed by atoms with Crippen molar-refractivity contribution in [2.45, 2.75) is 30.6 Å². The summed E-state index contributed by atoms with van der Waals surface area (Å²) in [4.78, 5) is 8.00. The topological polar surface area (TPSA) is 51.8 Å². The summed E-state index contributed by atoms with van der Waals surface area (Å²) in [5.74, 6) is 1.24. The largest absolute Gasteiger partial charge is 0.323 e. The lowest BCUT2D eigenvalue weighted by Crippen LogP contribution is -2.26. The van der Waals surface area contributed by atoms with Gasteiger partial charge >= 0.3 is 0 Å². The zero-order valence-corrected chi connectivity index (χ0v) is 8.91. The summed E-state index contributed by atoms with van der Waals surface area (Å²) in [6.45, 7) is 0. The summed E-state index contributed by atoms with van der Waals surface area (Å²) in [5, 5.41) is 0.551. The van der Waals surface area contributed by atoms with Crippen LogP contribution in [0.3, 0.4) is 0 Å². The van der Waals surface area contributed by atoms with E-state index in [9.17, 15) is 0 Å². The Morgan fingerprint density at radius 1 is 1.36 bits per heavy atom. The summed E-state index contributed by atoms with van der Waals surface area (Å²) in [5.41, 5.74) is 7.23. The summed E-state index contributed by atoms with van der Waals surface area (Å²) in [7, 11) is 0. The van der Waals surface area contributed by atoms with Crippen LogP contribution in [0.2, 0.25) is 0 Å². The first-order valence-corrected chi connectivity index (χ1v) is 6.05. The van der Waals surface area contributed by atoms with Crippen LogP contribution in [0.15, 0.2) is 18.7 Å². The van der Waals surface area contributed by atoms with Crippen LogP contribution in [-0.2, 0) is 0 Å². The van der Waals surface area contributed by atoms with Crippen molar-refractivity contribution in [1.82, 2.24) is 9.97 Å². The normalized spacial score (nSPS) is 24.5. The Bertz CT molecular complexity index is 272. The number of hydrogen-bond donors (Lipinski definition) is 1. The Morgan fingerprint density at radius 3 is 2.79 bits per heavy atom. The number of rotatable bonds is 2. The third-order valence-electron chi connectivity index (χ3n) is 2.58. The second-order valence-electron chi connectivity index (χ2n) is 3.60. The van der Waals surface area contributed by atoms with Crippen LogP contribution in [0.1, 0.15) is 30.9 Å². The highest BCUT2D eigenvalue weighted by Gasteiger charge is 2.22. The Kier molecular flexibility index (Phi) is 3.37. The monoisotopic (exact) mass is 209 g/mol. The second kappa shape index (κ2) is 4.75. The molecule has 4 heteroatoms. The Balaban J connectivity index is 2.03. The number of thioether (sulfide) groups is 1. The average Bonchev–Trinajstić information content (AvgIpc) is 2.30. The summed E-state index contributed by atoms with van der Waals surface area (Å²) in [6.07, 6.45) is 9.06. The highest BCUT2D eigenvalue weighted by molar-refractivity contribution is 8.00. The predicted molar refractivity (Wildman–Crippen MR) is 59.1 cm³/mol. The van der Waals surface area contributed by atoms with E-state index in [0.717, 1.165) is 5.56 Å². The maximum atomic E-state index is 6.17. The lowest BCUT2D eigenvalue weighted by atomic mass is 10.0. The van der Waals surface area contributed by atoms with Crippen molar-refractivity contribution in [3.63, 3.8) is 0 Å². The van der Waals surface area contributed by atoms with E-state index in [0.29, 0.717) is 5.25 Å². The SMILES string of the molecule is NC(c1cncnc1)C1CCCCS1. The quantitative estimate of drug-likeness (QED) is 0.806. The van der Waals surface area contributed by atoms with Gasteiger partial charge in [0.15, 0.2) is 0 Å². The van der Waals surface area contributed by atoms with Crippen molar-refractivity contribution in [3.05, 3.63) is 24.3 Å². The second-order valence-corrected chi connectivity index (χ2v) is 4.95. The minimum atomic E-state index is 0.0986. The Hall–Kier alpha value is -0.610. The van der Waals surface area contributed by atoms with Crippen molar-refractivity contribution >= 4 is 11.8 Å². The smallest absolute Gasteiger partial charge is 0.115 e. The molecule has 0 aromatic carbocycles. The van der Waals surface area contributed by atoms with Crippen molar-refractivity contribution in [2.24, 2.45) is 5.73 Å². The fourth-order valence-electron chi connectivity index (χ4n) is 1.75. The maximum absolute atomic E-state index is 6.17. The fourth-order valence-corrected chi connectivity index (χ4v) is 3.12. The van der Waals surface area contributed by atoms with Crippen LogP contribution in [0.5, 0.6) is 0 Å². The van der Waals surface area contributed by atoms with E-state index in [1.807, 2.05) is 24.2 Å². The lowest BCUT2D eigenvalue weighted by Gasteiger charge is -2.26. The molecule has 3 nitrogen and oxygen atoms in total. The van der Waals surface area contributed by atoms with Gasteiger partial charge < -0.3 is 5.73 Å². The molecular formula is C10H15N3S. The van der Waals surface area contributed by atoms with Gasteiger partial charge in [-0.1, -0.05) is 6.42 Å². The molecule has 0 bridgehead atoms. The molecule has 1 aromatic heterocycles. The standard InChI is InChI=1S/C10H15N3S/c11-10(8-5-12-7-13-6-8)9-3-1-2-4-14-9/h5-7,9-10H,1-4,11H2. The van der Waals surface area contributed by atoms with Gasteiger partial charge in [0.2, 0.25) is 0 Å². The molecule has 1 aromatic rings. The van der Waals surface area contributed by atoms with Gasteiger partial charge in [-0.15, -0.1) is 0 Å². The molecule has 2 rings (SSSR count). The van der Waals surface area contributed by atoms with Crippen LogP contribution in [0.4, 0.5) is 0 Å². The first kappa shape index (κ1) is 9.93. The van der Waals surface area contributed by atoms with E-state index >= 15 is 0 Å². The molecule has 76 valence electrons. The minimum absolute atomic E-state index is 0.0986. The maximum Gasteiger partial charge on any atom is 0.115 e. The zero-order chi connectivity index (χ0) is 9.80. The molecule has 1 saturated heterocycles. The highest BCUT2D eigenvalue weighted by atomic mass is 32.2. The van der Waals surface area contributed by atoms with Crippen LogP contribution in [0.25, 0.3) is 0 Å². The van der Waals surface area contributed by atoms with E-state index in [-0.39, 0.29) is 6.04 Å². The predicted octanol–water partition coefficient (Wildman–Crippen LogP) is 1.76. The molecule has 0 aliphatic carbocycles. The Labute approximate surface area is 88.5 Å². The van der Waals surface area contributed by atoms with E-state index in [1.165, 1.54) is 25.0 Å². The third-order valence-corrected chi connectivity index (χ3v) is 4.06. The summed E-state index contributed by atoms with van der Waals surface area (Å²) in [6, 6.07) is 0.0986. The van der Waals surface area contributed by atoms with Gasteiger partial charge in [0.1, 0.15) is 6.33 Å². The van der Waals surface area contributed by atoms with E-state index < -0.39 is 0 Å². The van der Waals surface area contributed by atoms with Crippen LogP contribution in [0, 0.1) is 0 Å². The van der Waals surface area contributed by atoms with Gasteiger partial charge in [0.25, 0.3) is 0 Å². The number of nitrogens with two attached hydrogens (primary N) is 1. The van der Waals surface area contributed by atoms with Crippen LogP contribution < -0.4 is 5.73 Å². The molecule has 1 fully saturated rings. The summed E-state index contributed by atoms with van der Waals surface area (Å²) >= 11 is 1.99. The first-order valence-electron chi connectivity index (χ1n) is 5.00. The molecule has 1 aliphatic heterocycles. The molecular weight excluding hydrogens is 194 g/mol. The van der Waals surface area contributed by atoms with Crippen molar-refractivity contribution in [3.8, 4) is 0 Å². The van der Waals surface area contributed by atoms with E-state index in [1.54, 1.807) is 6.33 Å².